The van der Waals surface area contributed by atoms with Gasteiger partial charge < -0.3 is 10.6 Å². The number of amides is 2. The van der Waals surface area contributed by atoms with E-state index >= 15 is 0 Å². The van der Waals surface area contributed by atoms with Crippen molar-refractivity contribution >= 4 is 33.1 Å². The molecule has 3 rings (SSSR count). The average molecular weight is 429 g/mol. The molecule has 0 aliphatic heterocycles. The van der Waals surface area contributed by atoms with Crippen LogP contribution in [0.2, 0.25) is 0 Å². The SMILES string of the molecule is CCCCc1cn(-c2ccc(NC(=O)Nc3ccccc3NS(C)(=O)=O)cc2)nn1. The predicted octanol–water partition coefficient (Wildman–Crippen LogP) is 3.63. The summed E-state index contributed by atoms with van der Waals surface area (Å²) in [5, 5.41) is 13.7. The highest BCUT2D eigenvalue weighted by Gasteiger charge is 2.10. The van der Waals surface area contributed by atoms with Crippen LogP contribution in [0.4, 0.5) is 21.9 Å². The fourth-order valence-electron chi connectivity index (χ4n) is 2.76. The molecule has 0 aliphatic carbocycles. The van der Waals surface area contributed by atoms with Crippen molar-refractivity contribution < 1.29 is 13.2 Å². The number of carbonyl (C=O) groups is 1. The Morgan fingerprint density at radius 1 is 1.03 bits per heavy atom. The third kappa shape index (κ3) is 6.05. The number of hydrogen-bond donors (Lipinski definition) is 3. The Hall–Kier alpha value is -3.40. The lowest BCUT2D eigenvalue weighted by Crippen LogP contribution is -2.21. The maximum absolute atomic E-state index is 12.3. The Balaban J connectivity index is 1.63. The highest BCUT2D eigenvalue weighted by molar-refractivity contribution is 7.92. The van der Waals surface area contributed by atoms with Crippen LogP contribution in [0.1, 0.15) is 25.5 Å². The third-order valence-electron chi connectivity index (χ3n) is 4.19. The van der Waals surface area contributed by atoms with Crippen LogP contribution in [0.3, 0.4) is 0 Å². The summed E-state index contributed by atoms with van der Waals surface area (Å²) in [6.07, 6.45) is 6.01. The number of unbranched alkanes of at least 4 members (excludes halogenated alkanes) is 1. The second kappa shape index (κ2) is 9.40. The van der Waals surface area contributed by atoms with Gasteiger partial charge in [-0.05, 0) is 49.2 Å². The monoisotopic (exact) mass is 428 g/mol. The normalized spacial score (nSPS) is 11.1. The van der Waals surface area contributed by atoms with E-state index in [2.05, 4.69) is 32.6 Å². The number of aromatic nitrogens is 3. The summed E-state index contributed by atoms with van der Waals surface area (Å²) in [7, 11) is -3.46. The van der Waals surface area contributed by atoms with Crippen molar-refractivity contribution in [1.29, 1.82) is 0 Å². The number of rotatable bonds is 8. The summed E-state index contributed by atoms with van der Waals surface area (Å²) in [6, 6.07) is 13.2. The van der Waals surface area contributed by atoms with E-state index in [1.54, 1.807) is 41.1 Å². The van der Waals surface area contributed by atoms with Gasteiger partial charge in [-0.2, -0.15) is 0 Å². The number of anilines is 3. The maximum Gasteiger partial charge on any atom is 0.323 e. The number of urea groups is 1. The molecule has 0 saturated heterocycles. The number of nitrogens with zero attached hydrogens (tertiary/aromatic N) is 3. The maximum atomic E-state index is 12.3. The lowest BCUT2D eigenvalue weighted by atomic mass is 10.2. The van der Waals surface area contributed by atoms with Crippen LogP contribution in [0.25, 0.3) is 5.69 Å². The number of carbonyl (C=O) groups excluding carboxylic acids is 1. The molecule has 3 N–H and O–H groups in total. The van der Waals surface area contributed by atoms with Gasteiger partial charge in [0.05, 0.1) is 35.2 Å². The fraction of sp³-hybridized carbons (Fsp3) is 0.250. The molecule has 0 radical (unpaired) electrons. The standard InChI is InChI=1S/C20H24N6O3S/c1-3-4-7-16-14-26(25-23-16)17-12-10-15(11-13-17)21-20(27)22-18-8-5-6-9-19(18)24-30(2,28)29/h5-6,8-14,24H,3-4,7H2,1-2H3,(H2,21,22,27). The summed E-state index contributed by atoms with van der Waals surface area (Å²) in [5.41, 5.74) is 2.99. The van der Waals surface area contributed by atoms with Crippen molar-refractivity contribution in [2.24, 2.45) is 0 Å². The molecule has 1 aromatic heterocycles. The summed E-state index contributed by atoms with van der Waals surface area (Å²) in [5.74, 6) is 0. The molecule has 2 aromatic carbocycles. The summed E-state index contributed by atoms with van der Waals surface area (Å²) >= 11 is 0. The van der Waals surface area contributed by atoms with E-state index < -0.39 is 16.1 Å². The van der Waals surface area contributed by atoms with Crippen LogP contribution < -0.4 is 15.4 Å². The smallest absolute Gasteiger partial charge is 0.308 e. The number of benzene rings is 2. The van der Waals surface area contributed by atoms with Gasteiger partial charge in [-0.15, -0.1) is 5.10 Å². The van der Waals surface area contributed by atoms with Crippen molar-refractivity contribution in [3.05, 3.63) is 60.4 Å². The Bertz CT molecular complexity index is 1110. The summed E-state index contributed by atoms with van der Waals surface area (Å²) in [6.45, 7) is 2.13. The van der Waals surface area contributed by atoms with Gasteiger partial charge in [-0.25, -0.2) is 17.9 Å². The first kappa shape index (κ1) is 21.3. The minimum atomic E-state index is -3.46. The first-order valence-electron chi connectivity index (χ1n) is 9.50. The fourth-order valence-corrected chi connectivity index (χ4v) is 3.34. The topological polar surface area (TPSA) is 118 Å². The van der Waals surface area contributed by atoms with Crippen molar-refractivity contribution in [3.63, 3.8) is 0 Å². The van der Waals surface area contributed by atoms with Crippen molar-refractivity contribution in [1.82, 2.24) is 15.0 Å². The largest absolute Gasteiger partial charge is 0.323 e. The van der Waals surface area contributed by atoms with Crippen molar-refractivity contribution in [3.8, 4) is 5.69 Å². The molecule has 2 amide bonds. The van der Waals surface area contributed by atoms with Crippen LogP contribution >= 0.6 is 0 Å². The lowest BCUT2D eigenvalue weighted by Gasteiger charge is -2.12. The molecule has 30 heavy (non-hydrogen) atoms. The van der Waals surface area contributed by atoms with Crippen molar-refractivity contribution in [2.75, 3.05) is 21.6 Å². The molecule has 0 unspecified atom stereocenters. The van der Waals surface area contributed by atoms with Crippen LogP contribution in [0, 0.1) is 0 Å². The van der Waals surface area contributed by atoms with E-state index in [1.807, 2.05) is 18.3 Å². The van der Waals surface area contributed by atoms with Gasteiger partial charge in [0, 0.05) is 5.69 Å². The number of sulfonamides is 1. The van der Waals surface area contributed by atoms with Crippen LogP contribution in [-0.2, 0) is 16.4 Å². The van der Waals surface area contributed by atoms with Gasteiger partial charge in [0.15, 0.2) is 0 Å². The van der Waals surface area contributed by atoms with Crippen LogP contribution in [0.15, 0.2) is 54.7 Å². The number of nitrogens with one attached hydrogen (secondary N) is 3. The van der Waals surface area contributed by atoms with Gasteiger partial charge in [0.2, 0.25) is 10.0 Å². The van der Waals surface area contributed by atoms with E-state index in [1.165, 1.54) is 0 Å². The zero-order chi connectivity index (χ0) is 21.6. The first-order valence-corrected chi connectivity index (χ1v) is 11.4. The van der Waals surface area contributed by atoms with E-state index in [9.17, 15) is 13.2 Å². The predicted molar refractivity (Wildman–Crippen MR) is 118 cm³/mol. The molecule has 9 nitrogen and oxygen atoms in total. The zero-order valence-corrected chi connectivity index (χ0v) is 17.6. The second-order valence-electron chi connectivity index (χ2n) is 6.80. The zero-order valence-electron chi connectivity index (χ0n) is 16.8. The first-order chi connectivity index (χ1) is 14.3. The Morgan fingerprint density at radius 3 is 2.40 bits per heavy atom. The van der Waals surface area contributed by atoms with Gasteiger partial charge in [0.25, 0.3) is 0 Å². The molecule has 0 atom stereocenters. The molecule has 3 aromatic rings. The molecule has 158 valence electrons. The Kier molecular flexibility index (Phi) is 6.68. The Labute approximate surface area is 175 Å². The molecule has 1 heterocycles. The minimum Gasteiger partial charge on any atom is -0.308 e. The highest BCUT2D eigenvalue weighted by Crippen LogP contribution is 2.22. The molecular formula is C20H24N6O3S. The molecule has 10 heteroatoms. The highest BCUT2D eigenvalue weighted by atomic mass is 32.2. The number of hydrogen-bond acceptors (Lipinski definition) is 5. The quantitative estimate of drug-likeness (QED) is 0.506. The van der Waals surface area contributed by atoms with E-state index in [0.29, 0.717) is 11.4 Å². The van der Waals surface area contributed by atoms with Gasteiger partial charge in [-0.3, -0.25) is 4.72 Å². The van der Waals surface area contributed by atoms with E-state index in [0.717, 1.165) is 36.9 Å². The number of para-hydroxylation sites is 2. The third-order valence-corrected chi connectivity index (χ3v) is 4.78. The van der Waals surface area contributed by atoms with E-state index in [-0.39, 0.29) is 5.69 Å². The second-order valence-corrected chi connectivity index (χ2v) is 8.55. The molecule has 0 fully saturated rings. The summed E-state index contributed by atoms with van der Waals surface area (Å²) in [4.78, 5) is 12.3. The molecule has 0 saturated carbocycles. The van der Waals surface area contributed by atoms with Gasteiger partial charge in [0.1, 0.15) is 0 Å². The minimum absolute atomic E-state index is 0.288. The molecule has 0 spiro atoms. The molecule has 0 aliphatic rings. The van der Waals surface area contributed by atoms with Gasteiger partial charge >= 0.3 is 6.03 Å². The lowest BCUT2D eigenvalue weighted by molar-refractivity contribution is 0.262. The Morgan fingerprint density at radius 2 is 1.73 bits per heavy atom. The average Bonchev–Trinajstić information content (AvgIpc) is 3.16. The number of aryl methyl sites for hydroxylation is 1. The van der Waals surface area contributed by atoms with Crippen LogP contribution in [0.5, 0.6) is 0 Å². The van der Waals surface area contributed by atoms with Gasteiger partial charge in [-0.1, -0.05) is 30.7 Å². The van der Waals surface area contributed by atoms with Crippen LogP contribution in [-0.4, -0.2) is 35.7 Å². The molecule has 0 bridgehead atoms. The molecular weight excluding hydrogens is 404 g/mol. The van der Waals surface area contributed by atoms with Crippen molar-refractivity contribution in [2.45, 2.75) is 26.2 Å². The van der Waals surface area contributed by atoms with E-state index in [4.69, 9.17) is 0 Å². The summed E-state index contributed by atoms with van der Waals surface area (Å²) < 4.78 is 27.0.